The van der Waals surface area contributed by atoms with Gasteiger partial charge in [-0.05, 0) is 18.2 Å². The highest BCUT2D eigenvalue weighted by molar-refractivity contribution is 5.97. The second kappa shape index (κ2) is 6.04. The Balaban J connectivity index is 2.08. The van der Waals surface area contributed by atoms with Crippen LogP contribution in [0.25, 0.3) is 0 Å². The van der Waals surface area contributed by atoms with Crippen molar-refractivity contribution in [3.05, 3.63) is 61.4 Å². The monoisotopic (exact) mass is 371 g/mol. The van der Waals surface area contributed by atoms with Crippen molar-refractivity contribution >= 4 is 11.8 Å². The first-order chi connectivity index (χ1) is 13.0. The minimum atomic E-state index is -0.771. The molecule has 0 unspecified atom stereocenters. The number of hydrogen-bond acceptors (Lipinski definition) is 7. The van der Waals surface area contributed by atoms with Crippen LogP contribution in [0.4, 0.5) is 5.82 Å². The van der Waals surface area contributed by atoms with Crippen LogP contribution in [-0.4, -0.2) is 36.3 Å². The maximum absolute atomic E-state index is 12.7. The number of carbonyl (C=O) groups excluding carboxylic acids is 1. The molecule has 1 atom stereocenters. The maximum atomic E-state index is 12.7. The van der Waals surface area contributed by atoms with Crippen molar-refractivity contribution in [2.45, 2.75) is 5.92 Å². The number of aromatic nitrogens is 2. The summed E-state index contributed by atoms with van der Waals surface area (Å²) in [6.45, 7) is 0.0391. The largest absolute Gasteiger partial charge is 0.497 e. The van der Waals surface area contributed by atoms with Crippen molar-refractivity contribution in [3.8, 4) is 11.5 Å². The third-order valence-corrected chi connectivity index (χ3v) is 4.85. The molecule has 0 fully saturated rings. The summed E-state index contributed by atoms with van der Waals surface area (Å²) in [5.41, 5.74) is 0.496. The summed E-state index contributed by atoms with van der Waals surface area (Å²) < 4.78 is 17.2. The lowest BCUT2D eigenvalue weighted by Gasteiger charge is -2.28. The average Bonchev–Trinajstić information content (AvgIpc) is 3.05. The Bertz CT molecular complexity index is 1110. The van der Waals surface area contributed by atoms with Crippen molar-refractivity contribution in [3.63, 3.8) is 0 Å². The Morgan fingerprint density at radius 3 is 2.67 bits per heavy atom. The van der Waals surface area contributed by atoms with Crippen molar-refractivity contribution in [1.82, 2.24) is 9.55 Å². The summed E-state index contributed by atoms with van der Waals surface area (Å²) in [6.07, 6.45) is 0. The highest BCUT2D eigenvalue weighted by atomic mass is 16.5. The van der Waals surface area contributed by atoms with Crippen LogP contribution >= 0.6 is 0 Å². The molecule has 2 aliphatic heterocycles. The second-order valence-corrected chi connectivity index (χ2v) is 6.21. The van der Waals surface area contributed by atoms with Crippen molar-refractivity contribution in [2.75, 3.05) is 26.1 Å². The van der Waals surface area contributed by atoms with Crippen molar-refractivity contribution in [2.24, 2.45) is 7.05 Å². The van der Waals surface area contributed by atoms with Gasteiger partial charge in [0.2, 0.25) is 0 Å². The Labute approximate surface area is 153 Å². The summed E-state index contributed by atoms with van der Waals surface area (Å²) in [5, 5.41) is 3.01. The summed E-state index contributed by atoms with van der Waals surface area (Å²) in [5.74, 6) is 0.0443. The topological polar surface area (TPSA) is 112 Å². The zero-order valence-corrected chi connectivity index (χ0v) is 14.9. The van der Waals surface area contributed by atoms with Gasteiger partial charge in [0.25, 0.3) is 5.56 Å². The highest BCUT2D eigenvalue weighted by Crippen LogP contribution is 2.45. The third kappa shape index (κ3) is 2.42. The van der Waals surface area contributed by atoms with Crippen LogP contribution in [0, 0.1) is 0 Å². The zero-order valence-electron chi connectivity index (χ0n) is 14.9. The van der Waals surface area contributed by atoms with Gasteiger partial charge in [-0.3, -0.25) is 14.3 Å². The molecule has 0 aliphatic carbocycles. The molecule has 1 aromatic heterocycles. The Hall–Kier alpha value is -3.49. The van der Waals surface area contributed by atoms with Crippen LogP contribution in [0.2, 0.25) is 0 Å². The van der Waals surface area contributed by atoms with Gasteiger partial charge in [0.05, 0.1) is 37.0 Å². The number of anilines is 1. The number of H-pyrrole nitrogens is 1. The van der Waals surface area contributed by atoms with Gasteiger partial charge in [-0.15, -0.1) is 0 Å². The number of ether oxygens (including phenoxy) is 3. The second-order valence-electron chi connectivity index (χ2n) is 6.21. The predicted molar refractivity (Wildman–Crippen MR) is 95.3 cm³/mol. The van der Waals surface area contributed by atoms with Gasteiger partial charge >= 0.3 is 11.7 Å². The number of benzene rings is 1. The fourth-order valence-corrected chi connectivity index (χ4v) is 3.53. The standard InChI is InChI=1S/C18H17N3O6/c1-21-15-14(16(22)20-18(21)24)12(13-10(19-15)7-27-17(13)23)9-6-8(25-2)4-5-11(9)26-3/h4-6,12,19H,7H2,1-3H3,(H,20,22,24)/t12-/m0/s1. The number of aromatic amines is 1. The lowest BCUT2D eigenvalue weighted by Crippen LogP contribution is -2.37. The van der Waals surface area contributed by atoms with E-state index in [1.807, 2.05) is 0 Å². The van der Waals surface area contributed by atoms with Gasteiger partial charge in [-0.25, -0.2) is 9.59 Å². The van der Waals surface area contributed by atoms with Crippen LogP contribution in [0.5, 0.6) is 11.5 Å². The van der Waals surface area contributed by atoms with Gasteiger partial charge in [0, 0.05) is 12.6 Å². The van der Waals surface area contributed by atoms with Crippen molar-refractivity contribution in [1.29, 1.82) is 0 Å². The SMILES string of the molecule is COc1ccc(OC)c([C@H]2C3=C(COC3=O)Nc3c2c(=O)[nH]c(=O)n3C)c1. The van der Waals surface area contributed by atoms with E-state index in [-0.39, 0.29) is 12.2 Å². The number of fused-ring (bicyclic) bond motifs is 1. The fraction of sp³-hybridized carbons (Fsp3) is 0.278. The maximum Gasteiger partial charge on any atom is 0.337 e. The van der Waals surface area contributed by atoms with E-state index in [1.54, 1.807) is 18.2 Å². The van der Waals surface area contributed by atoms with Gasteiger partial charge in [-0.1, -0.05) is 0 Å². The molecule has 0 radical (unpaired) electrons. The number of nitrogens with one attached hydrogen (secondary N) is 2. The molecule has 9 heteroatoms. The quantitative estimate of drug-likeness (QED) is 0.754. The normalized spacial score (nSPS) is 17.7. The Morgan fingerprint density at radius 1 is 1.19 bits per heavy atom. The lowest BCUT2D eigenvalue weighted by molar-refractivity contribution is -0.136. The van der Waals surface area contributed by atoms with Gasteiger partial charge < -0.3 is 19.5 Å². The summed E-state index contributed by atoms with van der Waals surface area (Å²) in [7, 11) is 4.56. The van der Waals surface area contributed by atoms with E-state index in [9.17, 15) is 14.4 Å². The molecule has 27 heavy (non-hydrogen) atoms. The molecule has 3 heterocycles. The van der Waals surface area contributed by atoms with E-state index >= 15 is 0 Å². The Morgan fingerprint density at radius 2 is 1.96 bits per heavy atom. The number of cyclic esters (lactones) is 1. The fourth-order valence-electron chi connectivity index (χ4n) is 3.53. The zero-order chi connectivity index (χ0) is 19.3. The summed E-state index contributed by atoms with van der Waals surface area (Å²) in [6, 6.07) is 5.13. The molecule has 2 aromatic rings. The molecule has 9 nitrogen and oxygen atoms in total. The molecular formula is C18H17N3O6. The molecule has 4 rings (SSSR count). The smallest absolute Gasteiger partial charge is 0.337 e. The first-order valence-electron chi connectivity index (χ1n) is 8.18. The summed E-state index contributed by atoms with van der Waals surface area (Å²) >= 11 is 0. The van der Waals surface area contributed by atoms with Gasteiger partial charge in [0.1, 0.15) is 23.9 Å². The van der Waals surface area contributed by atoms with Crippen LogP contribution in [0.3, 0.4) is 0 Å². The minimum Gasteiger partial charge on any atom is -0.497 e. The van der Waals surface area contributed by atoms with Crippen molar-refractivity contribution < 1.29 is 19.0 Å². The van der Waals surface area contributed by atoms with Crippen LogP contribution in [0.1, 0.15) is 17.0 Å². The first-order valence-corrected chi connectivity index (χ1v) is 8.18. The average molecular weight is 371 g/mol. The number of methoxy groups -OCH3 is 2. The van der Waals surface area contributed by atoms with E-state index in [4.69, 9.17) is 14.2 Å². The number of carbonyl (C=O) groups is 1. The molecular weight excluding hydrogens is 354 g/mol. The van der Waals surface area contributed by atoms with E-state index in [1.165, 1.54) is 25.8 Å². The molecule has 0 saturated heterocycles. The molecule has 0 amide bonds. The lowest BCUT2D eigenvalue weighted by atomic mass is 9.82. The highest BCUT2D eigenvalue weighted by Gasteiger charge is 2.42. The molecule has 0 saturated carbocycles. The first kappa shape index (κ1) is 17.0. The molecule has 140 valence electrons. The third-order valence-electron chi connectivity index (χ3n) is 4.85. The Kier molecular flexibility index (Phi) is 3.79. The van der Waals surface area contributed by atoms with E-state index in [0.29, 0.717) is 34.2 Å². The van der Waals surface area contributed by atoms with E-state index in [2.05, 4.69) is 10.3 Å². The summed E-state index contributed by atoms with van der Waals surface area (Å²) in [4.78, 5) is 39.5. The van der Waals surface area contributed by atoms with Crippen LogP contribution in [0.15, 0.2) is 39.1 Å². The van der Waals surface area contributed by atoms with Gasteiger partial charge in [0.15, 0.2) is 0 Å². The molecule has 1 aromatic carbocycles. The number of hydrogen-bond donors (Lipinski definition) is 2. The molecule has 2 N–H and O–H groups in total. The van der Waals surface area contributed by atoms with E-state index in [0.717, 1.165) is 0 Å². The predicted octanol–water partition coefficient (Wildman–Crippen LogP) is 0.459. The van der Waals surface area contributed by atoms with Gasteiger partial charge in [-0.2, -0.15) is 0 Å². The minimum absolute atomic E-state index is 0.0391. The number of rotatable bonds is 3. The number of esters is 1. The van der Waals surface area contributed by atoms with Crippen LogP contribution in [-0.2, 0) is 16.6 Å². The molecule has 0 spiro atoms. The van der Waals surface area contributed by atoms with E-state index < -0.39 is 23.1 Å². The molecule has 2 aliphatic rings. The number of nitrogens with zero attached hydrogens (tertiary/aromatic N) is 1. The molecule has 0 bridgehead atoms. The van der Waals surface area contributed by atoms with Crippen LogP contribution < -0.4 is 26.0 Å².